The van der Waals surface area contributed by atoms with Gasteiger partial charge in [-0.05, 0) is 67.6 Å². The Kier molecular flexibility index (Phi) is 6.57. The summed E-state index contributed by atoms with van der Waals surface area (Å²) < 4.78 is 5.19. The van der Waals surface area contributed by atoms with Gasteiger partial charge in [0.1, 0.15) is 5.75 Å². The quantitative estimate of drug-likeness (QED) is 0.760. The Bertz CT molecular complexity index is 872. The number of methoxy groups -OCH3 is 1. The van der Waals surface area contributed by atoms with Crippen molar-refractivity contribution in [2.75, 3.05) is 12.0 Å². The summed E-state index contributed by atoms with van der Waals surface area (Å²) in [7, 11) is 1.61. The molecular weight excluding hydrogens is 364 g/mol. The van der Waals surface area contributed by atoms with Crippen LogP contribution >= 0.6 is 0 Å². The minimum Gasteiger partial charge on any atom is -0.497 e. The SMILES string of the molecule is CCC(CC)C(=O)NCc1ccc2c(c1)N(C(=O)c1ccc(OC)cc1)C(C)C2. The fourth-order valence-corrected chi connectivity index (χ4v) is 3.94. The molecule has 0 aliphatic carbocycles. The normalized spacial score (nSPS) is 15.3. The van der Waals surface area contributed by atoms with E-state index in [4.69, 9.17) is 4.74 Å². The summed E-state index contributed by atoms with van der Waals surface area (Å²) in [5.41, 5.74) is 3.74. The highest BCUT2D eigenvalue weighted by Gasteiger charge is 2.31. The number of amides is 2. The second-order valence-electron chi connectivity index (χ2n) is 7.65. The van der Waals surface area contributed by atoms with Gasteiger partial charge in [0.15, 0.2) is 0 Å². The summed E-state index contributed by atoms with van der Waals surface area (Å²) in [6.07, 6.45) is 2.51. The van der Waals surface area contributed by atoms with E-state index in [0.717, 1.165) is 41.8 Å². The Hall–Kier alpha value is -2.82. The van der Waals surface area contributed by atoms with E-state index in [9.17, 15) is 9.59 Å². The van der Waals surface area contributed by atoms with Crippen molar-refractivity contribution in [2.24, 2.45) is 5.92 Å². The number of carbonyl (C=O) groups is 2. The number of fused-ring (bicyclic) bond motifs is 1. The number of hydrogen-bond acceptors (Lipinski definition) is 3. The molecule has 0 fully saturated rings. The summed E-state index contributed by atoms with van der Waals surface area (Å²) in [6.45, 7) is 6.61. The largest absolute Gasteiger partial charge is 0.497 e. The predicted octanol–water partition coefficient (Wildman–Crippen LogP) is 4.34. The van der Waals surface area contributed by atoms with Gasteiger partial charge in [0.25, 0.3) is 5.91 Å². The second kappa shape index (κ2) is 9.12. The topological polar surface area (TPSA) is 58.6 Å². The van der Waals surface area contributed by atoms with Gasteiger partial charge in [0.05, 0.1) is 7.11 Å². The zero-order valence-corrected chi connectivity index (χ0v) is 17.7. The fraction of sp³-hybridized carbons (Fsp3) is 0.417. The lowest BCUT2D eigenvalue weighted by Crippen LogP contribution is -2.35. The van der Waals surface area contributed by atoms with E-state index in [-0.39, 0.29) is 23.8 Å². The van der Waals surface area contributed by atoms with E-state index in [1.54, 1.807) is 31.4 Å². The summed E-state index contributed by atoms with van der Waals surface area (Å²) in [6, 6.07) is 13.4. The number of hydrogen-bond donors (Lipinski definition) is 1. The number of nitrogens with zero attached hydrogens (tertiary/aromatic N) is 1. The van der Waals surface area contributed by atoms with E-state index in [2.05, 4.69) is 18.3 Å². The molecule has 0 radical (unpaired) electrons. The number of anilines is 1. The molecule has 2 aromatic rings. The molecule has 1 unspecified atom stereocenters. The highest BCUT2D eigenvalue weighted by Crippen LogP contribution is 2.34. The predicted molar refractivity (Wildman–Crippen MR) is 115 cm³/mol. The minimum atomic E-state index is -0.0166. The second-order valence-corrected chi connectivity index (χ2v) is 7.65. The van der Waals surface area contributed by atoms with Crippen LogP contribution in [0, 0.1) is 5.92 Å². The van der Waals surface area contributed by atoms with Gasteiger partial charge in [0.2, 0.25) is 5.91 Å². The molecule has 1 aliphatic heterocycles. The highest BCUT2D eigenvalue weighted by atomic mass is 16.5. The Morgan fingerprint density at radius 3 is 2.45 bits per heavy atom. The third-order valence-corrected chi connectivity index (χ3v) is 5.74. The van der Waals surface area contributed by atoms with Crippen LogP contribution in [0.3, 0.4) is 0 Å². The number of benzene rings is 2. The molecule has 0 spiro atoms. The van der Waals surface area contributed by atoms with Gasteiger partial charge in [-0.2, -0.15) is 0 Å². The van der Waals surface area contributed by atoms with Crippen LogP contribution in [0.1, 0.15) is 55.1 Å². The highest BCUT2D eigenvalue weighted by molar-refractivity contribution is 6.07. The fourth-order valence-electron chi connectivity index (χ4n) is 3.94. The first-order valence-electron chi connectivity index (χ1n) is 10.4. The van der Waals surface area contributed by atoms with Crippen LogP contribution in [-0.2, 0) is 17.8 Å². The lowest BCUT2D eigenvalue weighted by molar-refractivity contribution is -0.125. The maximum atomic E-state index is 13.2. The molecule has 1 N–H and O–H groups in total. The summed E-state index contributed by atoms with van der Waals surface area (Å²) in [5.74, 6) is 0.858. The van der Waals surface area contributed by atoms with Crippen molar-refractivity contribution in [3.63, 3.8) is 0 Å². The summed E-state index contributed by atoms with van der Waals surface area (Å²) in [4.78, 5) is 27.3. The lowest BCUT2D eigenvalue weighted by Gasteiger charge is -2.23. The molecule has 2 aromatic carbocycles. The Morgan fingerprint density at radius 1 is 1.14 bits per heavy atom. The summed E-state index contributed by atoms with van der Waals surface area (Å²) in [5, 5.41) is 3.04. The first-order chi connectivity index (χ1) is 14.0. The average Bonchev–Trinajstić information content (AvgIpc) is 3.07. The Balaban J connectivity index is 1.78. The molecule has 1 atom stereocenters. The molecule has 29 heavy (non-hydrogen) atoms. The number of carbonyl (C=O) groups excluding carboxylic acids is 2. The Morgan fingerprint density at radius 2 is 1.83 bits per heavy atom. The van der Waals surface area contributed by atoms with Crippen LogP contribution in [-0.4, -0.2) is 25.0 Å². The van der Waals surface area contributed by atoms with Crippen molar-refractivity contribution in [1.82, 2.24) is 5.32 Å². The van der Waals surface area contributed by atoms with Gasteiger partial charge < -0.3 is 15.0 Å². The average molecular weight is 395 g/mol. The van der Waals surface area contributed by atoms with Crippen molar-refractivity contribution in [3.05, 3.63) is 59.2 Å². The maximum absolute atomic E-state index is 13.2. The number of nitrogens with one attached hydrogen (secondary N) is 1. The van der Waals surface area contributed by atoms with Crippen LogP contribution < -0.4 is 15.0 Å². The molecule has 5 nitrogen and oxygen atoms in total. The molecule has 1 aliphatic rings. The van der Waals surface area contributed by atoms with Crippen LogP contribution in [0.15, 0.2) is 42.5 Å². The van der Waals surface area contributed by atoms with E-state index in [0.29, 0.717) is 12.1 Å². The monoisotopic (exact) mass is 394 g/mol. The van der Waals surface area contributed by atoms with Crippen molar-refractivity contribution in [1.29, 1.82) is 0 Å². The van der Waals surface area contributed by atoms with Crippen LogP contribution in [0.5, 0.6) is 5.75 Å². The first kappa shape index (κ1) is 20.9. The van der Waals surface area contributed by atoms with Gasteiger partial charge >= 0.3 is 0 Å². The zero-order chi connectivity index (χ0) is 21.0. The first-order valence-corrected chi connectivity index (χ1v) is 10.4. The van der Waals surface area contributed by atoms with Gasteiger partial charge in [0, 0.05) is 29.8 Å². The molecule has 2 amide bonds. The number of rotatable bonds is 7. The van der Waals surface area contributed by atoms with Crippen molar-refractivity contribution < 1.29 is 14.3 Å². The van der Waals surface area contributed by atoms with E-state index < -0.39 is 0 Å². The van der Waals surface area contributed by atoms with Crippen molar-refractivity contribution in [3.8, 4) is 5.75 Å². The third kappa shape index (κ3) is 4.44. The van der Waals surface area contributed by atoms with Gasteiger partial charge in [-0.1, -0.05) is 26.0 Å². The van der Waals surface area contributed by atoms with Crippen LogP contribution in [0.2, 0.25) is 0 Å². The van der Waals surface area contributed by atoms with Crippen LogP contribution in [0.4, 0.5) is 5.69 Å². The van der Waals surface area contributed by atoms with Crippen LogP contribution in [0.25, 0.3) is 0 Å². The van der Waals surface area contributed by atoms with Crippen molar-refractivity contribution in [2.45, 2.75) is 52.6 Å². The molecule has 1 heterocycles. The standard InChI is InChI=1S/C24H30N2O3/c1-5-18(6-2)23(27)25-15-17-7-8-20-13-16(3)26(22(20)14-17)24(28)19-9-11-21(29-4)12-10-19/h7-12,14,16,18H,5-6,13,15H2,1-4H3,(H,25,27). The lowest BCUT2D eigenvalue weighted by atomic mass is 10.0. The minimum absolute atomic E-state index is 0.0166. The number of ether oxygens (including phenoxy) is 1. The van der Waals surface area contributed by atoms with Gasteiger partial charge in [-0.15, -0.1) is 0 Å². The van der Waals surface area contributed by atoms with Gasteiger partial charge in [-0.3, -0.25) is 9.59 Å². The van der Waals surface area contributed by atoms with Gasteiger partial charge in [-0.25, -0.2) is 0 Å². The molecule has 0 aromatic heterocycles. The zero-order valence-electron chi connectivity index (χ0n) is 17.7. The summed E-state index contributed by atoms with van der Waals surface area (Å²) >= 11 is 0. The Labute approximate surface area is 173 Å². The molecule has 3 rings (SSSR count). The van der Waals surface area contributed by atoms with E-state index in [1.165, 1.54) is 0 Å². The van der Waals surface area contributed by atoms with E-state index >= 15 is 0 Å². The molecule has 154 valence electrons. The molecule has 0 bridgehead atoms. The van der Waals surface area contributed by atoms with E-state index in [1.807, 2.05) is 30.9 Å². The third-order valence-electron chi connectivity index (χ3n) is 5.74. The molecule has 0 saturated heterocycles. The molecular formula is C24H30N2O3. The van der Waals surface area contributed by atoms with Crippen molar-refractivity contribution >= 4 is 17.5 Å². The smallest absolute Gasteiger partial charge is 0.258 e. The maximum Gasteiger partial charge on any atom is 0.258 e. The molecule has 0 saturated carbocycles. The molecule has 5 heteroatoms.